The molecule has 3 nitrogen and oxygen atoms in total. The number of para-hydroxylation sites is 1. The summed E-state index contributed by atoms with van der Waals surface area (Å²) in [5, 5.41) is 13.9. The molecule has 10 radical (unpaired) electrons. The van der Waals surface area contributed by atoms with Crippen LogP contribution in [0.1, 0.15) is 43.0 Å². The van der Waals surface area contributed by atoms with E-state index in [1.165, 1.54) is 18.4 Å². The summed E-state index contributed by atoms with van der Waals surface area (Å²) >= 11 is 0. The predicted octanol–water partition coefficient (Wildman–Crippen LogP) is 6.01. The van der Waals surface area contributed by atoms with Crippen LogP contribution in [0.15, 0.2) is 54.6 Å². The van der Waals surface area contributed by atoms with Gasteiger partial charge in [0.05, 0.1) is 0 Å². The van der Waals surface area contributed by atoms with E-state index in [0.29, 0.717) is 5.75 Å². The topological polar surface area (TPSA) is 41.5 Å². The van der Waals surface area contributed by atoms with Crippen molar-refractivity contribution in [1.82, 2.24) is 5.32 Å². The standard InChI is InChI=1S/C20H20NO.C5H5.C4H8O.Nd/c1-15(16-9-3-2-4-10-16)21-20(17-11-5-6-12-17)18-13-7-8-14-19(18)22;2*1-2-4-5-3-1;/h2-15,20-22H,1H3;1-5H;1-4H2;/t15-,20?;;;/m0.../s1. The van der Waals surface area contributed by atoms with Gasteiger partial charge in [-0.1, -0.05) is 48.5 Å². The molecule has 4 heteroatoms. The maximum absolute atomic E-state index is 10.2. The van der Waals surface area contributed by atoms with Crippen molar-refractivity contribution >= 4 is 0 Å². The SMILES string of the molecule is C1CCOC1.C[C@H](NC([C]1[CH][CH][CH][CH]1)c1ccccc1O)c1ccccc1.[CH]1[CH][CH][CH][CH]1.[Nd]. The molecular weight excluding hydrogens is 539 g/mol. The van der Waals surface area contributed by atoms with Crippen LogP contribution in [0, 0.1) is 105 Å². The van der Waals surface area contributed by atoms with Crippen LogP contribution >= 0.6 is 0 Å². The number of phenols is 1. The molecule has 0 spiro atoms. The Kier molecular flexibility index (Phi) is 14.8. The van der Waals surface area contributed by atoms with E-state index in [1.54, 1.807) is 6.07 Å². The fourth-order valence-corrected chi connectivity index (χ4v) is 3.60. The van der Waals surface area contributed by atoms with E-state index < -0.39 is 0 Å². The molecular formula is C29H33NNdO2. The molecule has 0 amide bonds. The quantitative estimate of drug-likeness (QED) is 0.462. The second-order valence-electron chi connectivity index (χ2n) is 7.79. The number of aromatic hydroxyl groups is 1. The summed E-state index contributed by atoms with van der Waals surface area (Å²) in [6.45, 7) is 4.14. The van der Waals surface area contributed by atoms with Crippen LogP contribution in [0.3, 0.4) is 0 Å². The van der Waals surface area contributed by atoms with E-state index in [4.69, 9.17) is 4.74 Å². The number of phenolic OH excluding ortho intramolecular Hbond substituents is 1. The average Bonchev–Trinajstić information content (AvgIpc) is 3.64. The third-order valence-electron chi connectivity index (χ3n) is 5.37. The number of rotatable bonds is 5. The van der Waals surface area contributed by atoms with E-state index >= 15 is 0 Å². The monoisotopic (exact) mass is 569 g/mol. The zero-order valence-corrected chi connectivity index (χ0v) is 22.4. The summed E-state index contributed by atoms with van der Waals surface area (Å²) in [5.74, 6) is 1.48. The Bertz CT molecular complexity index is 715. The molecule has 1 heterocycles. The van der Waals surface area contributed by atoms with Gasteiger partial charge in [0.2, 0.25) is 0 Å². The average molecular weight is 572 g/mol. The van der Waals surface area contributed by atoms with Crippen LogP contribution in [-0.4, -0.2) is 18.3 Å². The van der Waals surface area contributed by atoms with Crippen molar-refractivity contribution in [3.8, 4) is 5.75 Å². The van der Waals surface area contributed by atoms with Gasteiger partial charge in [0, 0.05) is 77.6 Å². The number of hydrogen-bond donors (Lipinski definition) is 2. The van der Waals surface area contributed by atoms with E-state index in [2.05, 4.69) is 37.2 Å². The van der Waals surface area contributed by atoms with E-state index in [0.717, 1.165) is 24.7 Å². The maximum atomic E-state index is 10.2. The van der Waals surface area contributed by atoms with Crippen LogP contribution in [0.5, 0.6) is 5.75 Å². The van der Waals surface area contributed by atoms with Crippen LogP contribution < -0.4 is 5.32 Å². The summed E-state index contributed by atoms with van der Waals surface area (Å²) in [5.41, 5.74) is 2.13. The fourth-order valence-electron chi connectivity index (χ4n) is 3.60. The van der Waals surface area contributed by atoms with Gasteiger partial charge in [-0.15, -0.1) is 0 Å². The van der Waals surface area contributed by atoms with Crippen molar-refractivity contribution in [2.45, 2.75) is 31.8 Å². The van der Waals surface area contributed by atoms with Crippen molar-refractivity contribution in [1.29, 1.82) is 0 Å². The van der Waals surface area contributed by atoms with Crippen molar-refractivity contribution in [3.63, 3.8) is 0 Å². The fraction of sp³-hybridized carbons (Fsp3) is 0.241. The molecule has 3 aliphatic rings. The Morgan fingerprint density at radius 1 is 0.758 bits per heavy atom. The Morgan fingerprint density at radius 2 is 1.30 bits per heavy atom. The van der Waals surface area contributed by atoms with E-state index in [-0.39, 0.29) is 52.9 Å². The number of hydrogen-bond acceptors (Lipinski definition) is 3. The first kappa shape index (κ1) is 28.7. The summed E-state index contributed by atoms with van der Waals surface area (Å²) in [4.78, 5) is 0. The first-order chi connectivity index (χ1) is 15.8. The second-order valence-corrected chi connectivity index (χ2v) is 7.79. The van der Waals surface area contributed by atoms with Crippen molar-refractivity contribution in [2.75, 3.05) is 13.2 Å². The zero-order chi connectivity index (χ0) is 22.4. The molecule has 1 aliphatic heterocycles. The molecule has 2 aromatic carbocycles. The molecule has 1 unspecified atom stereocenters. The first-order valence-corrected chi connectivity index (χ1v) is 11.3. The summed E-state index contributed by atoms with van der Waals surface area (Å²) in [6, 6.07) is 18.0. The summed E-state index contributed by atoms with van der Waals surface area (Å²) < 4.78 is 4.94. The van der Waals surface area contributed by atoms with Gasteiger partial charge in [-0.3, -0.25) is 0 Å². The van der Waals surface area contributed by atoms with Gasteiger partial charge in [0.15, 0.2) is 0 Å². The molecule has 2 saturated carbocycles. The smallest absolute Gasteiger partial charge is 0.120 e. The van der Waals surface area contributed by atoms with Gasteiger partial charge in [-0.25, -0.2) is 0 Å². The normalized spacial score (nSPS) is 19.4. The Balaban J connectivity index is 0.000000288. The van der Waals surface area contributed by atoms with Crippen molar-refractivity contribution in [2.24, 2.45) is 0 Å². The van der Waals surface area contributed by atoms with E-state index in [1.807, 2.05) is 81.3 Å². The minimum atomic E-state index is -0.0357. The van der Waals surface area contributed by atoms with Crippen molar-refractivity contribution < 1.29 is 50.7 Å². The second kappa shape index (κ2) is 17.0. The molecule has 1 saturated heterocycles. The largest absolute Gasteiger partial charge is 0.508 e. The van der Waals surface area contributed by atoms with Gasteiger partial charge < -0.3 is 15.2 Å². The summed E-state index contributed by atoms with van der Waals surface area (Å²) in [6.07, 6.45) is 20.8. The van der Waals surface area contributed by atoms with Gasteiger partial charge in [0.25, 0.3) is 0 Å². The van der Waals surface area contributed by atoms with Crippen LogP contribution in [0.2, 0.25) is 0 Å². The molecule has 2 N–H and O–H groups in total. The number of benzene rings is 2. The minimum absolute atomic E-state index is 0. The Hall–Kier alpha value is -0.489. The molecule has 0 bridgehead atoms. The van der Waals surface area contributed by atoms with Gasteiger partial charge in [-0.2, -0.15) is 0 Å². The maximum Gasteiger partial charge on any atom is 0.120 e. The van der Waals surface area contributed by atoms with Gasteiger partial charge in [0.1, 0.15) is 5.75 Å². The van der Waals surface area contributed by atoms with Gasteiger partial charge in [-0.05, 0) is 89.2 Å². The van der Waals surface area contributed by atoms with Crippen molar-refractivity contribution in [3.05, 3.63) is 129 Å². The third-order valence-corrected chi connectivity index (χ3v) is 5.37. The molecule has 5 rings (SSSR count). The molecule has 0 aromatic heterocycles. The van der Waals surface area contributed by atoms with Crippen LogP contribution in [-0.2, 0) is 4.74 Å². The third kappa shape index (κ3) is 10.3. The molecule has 170 valence electrons. The van der Waals surface area contributed by atoms with Crippen LogP contribution in [0.25, 0.3) is 0 Å². The zero-order valence-electron chi connectivity index (χ0n) is 19.2. The molecule has 3 fully saturated rings. The number of ether oxygens (including phenoxy) is 1. The number of nitrogens with one attached hydrogen (secondary N) is 1. The van der Waals surface area contributed by atoms with Crippen LogP contribution in [0.4, 0.5) is 0 Å². The molecule has 2 aromatic rings. The van der Waals surface area contributed by atoms with Gasteiger partial charge >= 0.3 is 0 Å². The Morgan fingerprint density at radius 3 is 1.82 bits per heavy atom. The Labute approximate surface area is 234 Å². The molecule has 33 heavy (non-hydrogen) atoms. The molecule has 2 atom stereocenters. The molecule has 2 aliphatic carbocycles. The summed E-state index contributed by atoms with van der Waals surface area (Å²) in [7, 11) is 0. The first-order valence-electron chi connectivity index (χ1n) is 11.3. The predicted molar refractivity (Wildman–Crippen MR) is 131 cm³/mol. The minimum Gasteiger partial charge on any atom is -0.508 e. The van der Waals surface area contributed by atoms with E-state index in [9.17, 15) is 5.11 Å².